The molecule has 0 spiro atoms. The summed E-state index contributed by atoms with van der Waals surface area (Å²) in [4.78, 5) is 6.43. The molecular weight excluding hydrogens is 250 g/mol. The second kappa shape index (κ2) is 5.41. The molecule has 4 heteroatoms. The third-order valence-electron chi connectivity index (χ3n) is 3.51. The van der Waals surface area contributed by atoms with Crippen LogP contribution in [0.3, 0.4) is 0 Å². The smallest absolute Gasteiger partial charge is 0.128 e. The number of hydrogen-bond acceptors (Lipinski definition) is 4. The molecule has 0 radical (unpaired) electrons. The van der Waals surface area contributed by atoms with E-state index in [0.29, 0.717) is 0 Å². The summed E-state index contributed by atoms with van der Waals surface area (Å²) in [6, 6.07) is 12.6. The average molecular weight is 269 g/mol. The van der Waals surface area contributed by atoms with Gasteiger partial charge in [-0.2, -0.15) is 0 Å². The Morgan fingerprint density at radius 3 is 2.80 bits per heavy atom. The summed E-state index contributed by atoms with van der Waals surface area (Å²) in [6.45, 7) is 0.748. The van der Waals surface area contributed by atoms with Crippen molar-refractivity contribution >= 4 is 11.5 Å². The molecule has 3 rings (SSSR count). The zero-order valence-corrected chi connectivity index (χ0v) is 11.8. The van der Waals surface area contributed by atoms with E-state index >= 15 is 0 Å². The minimum atomic E-state index is 0.284. The number of anilines is 2. The molecule has 1 aliphatic rings. The van der Waals surface area contributed by atoms with Crippen molar-refractivity contribution in [3.05, 3.63) is 48.2 Å². The van der Waals surface area contributed by atoms with Crippen LogP contribution in [0.25, 0.3) is 0 Å². The lowest BCUT2D eigenvalue weighted by atomic mass is 10.0. The lowest BCUT2D eigenvalue weighted by Gasteiger charge is -2.27. The van der Waals surface area contributed by atoms with Gasteiger partial charge in [-0.25, -0.2) is 4.98 Å². The normalized spacial score (nSPS) is 17.0. The number of ether oxygens (including phenoxy) is 1. The second-order valence-corrected chi connectivity index (χ2v) is 5.17. The first kappa shape index (κ1) is 12.8. The van der Waals surface area contributed by atoms with Crippen LogP contribution in [-0.4, -0.2) is 25.7 Å². The zero-order valence-electron chi connectivity index (χ0n) is 11.8. The lowest BCUT2D eigenvalue weighted by Crippen LogP contribution is -2.20. The first-order valence-corrected chi connectivity index (χ1v) is 6.85. The number of rotatable bonds is 3. The van der Waals surface area contributed by atoms with Crippen molar-refractivity contribution in [1.29, 1.82) is 0 Å². The van der Waals surface area contributed by atoms with Gasteiger partial charge in [-0.15, -0.1) is 0 Å². The first-order valence-electron chi connectivity index (χ1n) is 6.85. The molecule has 20 heavy (non-hydrogen) atoms. The number of nitrogens with one attached hydrogen (secondary N) is 1. The molecule has 1 N–H and O–H groups in total. The summed E-state index contributed by atoms with van der Waals surface area (Å²) < 4.78 is 5.68. The minimum absolute atomic E-state index is 0.284. The van der Waals surface area contributed by atoms with Crippen molar-refractivity contribution in [1.82, 2.24) is 4.98 Å². The summed E-state index contributed by atoms with van der Waals surface area (Å²) in [6.07, 6.45) is 2.85. The molecule has 0 saturated heterocycles. The van der Waals surface area contributed by atoms with E-state index < -0.39 is 0 Å². The topological polar surface area (TPSA) is 37.4 Å². The van der Waals surface area contributed by atoms with Gasteiger partial charge in [0.15, 0.2) is 0 Å². The summed E-state index contributed by atoms with van der Waals surface area (Å²) in [5, 5.41) is 3.54. The highest BCUT2D eigenvalue weighted by atomic mass is 16.5. The molecule has 0 aliphatic carbocycles. The van der Waals surface area contributed by atoms with Gasteiger partial charge in [-0.3, -0.25) is 0 Å². The van der Waals surface area contributed by atoms with Gasteiger partial charge in [0.05, 0.1) is 24.5 Å². The standard InChI is InChI=1S/C16H19N3O/c1-19(2)16-8-7-12(11-17-16)18-14-9-10-20-15-6-4-3-5-13(14)15/h3-8,11,14,18H,9-10H2,1-2H3. The SMILES string of the molecule is CN(C)c1ccc(NC2CCOc3ccccc32)cn1. The fourth-order valence-electron chi connectivity index (χ4n) is 2.43. The first-order chi connectivity index (χ1) is 9.74. The third kappa shape index (κ3) is 2.54. The lowest BCUT2D eigenvalue weighted by molar-refractivity contribution is 0.274. The Morgan fingerprint density at radius 2 is 2.05 bits per heavy atom. The minimum Gasteiger partial charge on any atom is -0.493 e. The zero-order chi connectivity index (χ0) is 13.9. The van der Waals surface area contributed by atoms with Gasteiger partial charge in [0.1, 0.15) is 11.6 Å². The Morgan fingerprint density at radius 1 is 1.20 bits per heavy atom. The molecule has 0 fully saturated rings. The highest BCUT2D eigenvalue weighted by molar-refractivity contribution is 5.51. The van der Waals surface area contributed by atoms with Crippen LogP contribution in [-0.2, 0) is 0 Å². The second-order valence-electron chi connectivity index (χ2n) is 5.17. The number of pyridine rings is 1. The Labute approximate surface area is 119 Å². The molecule has 1 unspecified atom stereocenters. The predicted octanol–water partition coefficient (Wildman–Crippen LogP) is 3.08. The van der Waals surface area contributed by atoms with Gasteiger partial charge < -0.3 is 15.0 Å². The van der Waals surface area contributed by atoms with Gasteiger partial charge in [-0.05, 0) is 18.2 Å². The van der Waals surface area contributed by atoms with Crippen LogP contribution >= 0.6 is 0 Å². The number of benzene rings is 1. The molecule has 104 valence electrons. The van der Waals surface area contributed by atoms with Crippen molar-refractivity contribution < 1.29 is 4.74 Å². The fourth-order valence-corrected chi connectivity index (χ4v) is 2.43. The fraction of sp³-hybridized carbons (Fsp3) is 0.312. The van der Waals surface area contributed by atoms with Crippen molar-refractivity contribution in [3.63, 3.8) is 0 Å². The van der Waals surface area contributed by atoms with Crippen LogP contribution in [0.15, 0.2) is 42.6 Å². The third-order valence-corrected chi connectivity index (χ3v) is 3.51. The highest BCUT2D eigenvalue weighted by Crippen LogP contribution is 2.33. The van der Waals surface area contributed by atoms with E-state index in [1.54, 1.807) is 0 Å². The maximum atomic E-state index is 5.68. The van der Waals surface area contributed by atoms with E-state index in [-0.39, 0.29) is 6.04 Å². The monoisotopic (exact) mass is 269 g/mol. The van der Waals surface area contributed by atoms with Crippen molar-refractivity contribution in [3.8, 4) is 5.75 Å². The van der Waals surface area contributed by atoms with Crippen LogP contribution in [0.2, 0.25) is 0 Å². The maximum absolute atomic E-state index is 5.68. The molecule has 2 aromatic rings. The van der Waals surface area contributed by atoms with Gasteiger partial charge in [0.2, 0.25) is 0 Å². The summed E-state index contributed by atoms with van der Waals surface area (Å²) in [5.74, 6) is 1.94. The summed E-state index contributed by atoms with van der Waals surface area (Å²) in [5.41, 5.74) is 2.26. The Kier molecular flexibility index (Phi) is 3.46. The Bertz CT molecular complexity index is 581. The number of fused-ring (bicyclic) bond motifs is 1. The van der Waals surface area contributed by atoms with E-state index in [1.807, 2.05) is 43.4 Å². The number of hydrogen-bond donors (Lipinski definition) is 1. The molecule has 0 amide bonds. The van der Waals surface area contributed by atoms with Crippen LogP contribution < -0.4 is 15.0 Å². The van der Waals surface area contributed by atoms with E-state index in [0.717, 1.165) is 30.3 Å². The van der Waals surface area contributed by atoms with Gasteiger partial charge in [0.25, 0.3) is 0 Å². The van der Waals surface area contributed by atoms with E-state index in [4.69, 9.17) is 4.74 Å². The molecular formula is C16H19N3O. The average Bonchev–Trinajstić information content (AvgIpc) is 2.48. The van der Waals surface area contributed by atoms with Crippen LogP contribution in [0.1, 0.15) is 18.0 Å². The van der Waals surface area contributed by atoms with Crippen molar-refractivity contribution in [2.24, 2.45) is 0 Å². The molecule has 1 aromatic carbocycles. The van der Waals surface area contributed by atoms with Crippen LogP contribution in [0.4, 0.5) is 11.5 Å². The van der Waals surface area contributed by atoms with Gasteiger partial charge in [-0.1, -0.05) is 18.2 Å². The number of aromatic nitrogens is 1. The van der Waals surface area contributed by atoms with E-state index in [2.05, 4.69) is 28.5 Å². The molecule has 1 aliphatic heterocycles. The summed E-state index contributed by atoms with van der Waals surface area (Å²) >= 11 is 0. The van der Waals surface area contributed by atoms with Gasteiger partial charge in [0, 0.05) is 26.1 Å². The van der Waals surface area contributed by atoms with Crippen LogP contribution in [0.5, 0.6) is 5.75 Å². The molecule has 4 nitrogen and oxygen atoms in total. The highest BCUT2D eigenvalue weighted by Gasteiger charge is 2.20. The molecule has 1 atom stereocenters. The number of nitrogens with zero attached hydrogens (tertiary/aromatic N) is 2. The van der Waals surface area contributed by atoms with Gasteiger partial charge >= 0.3 is 0 Å². The number of para-hydroxylation sites is 1. The van der Waals surface area contributed by atoms with E-state index in [1.165, 1.54) is 5.56 Å². The molecule has 0 saturated carbocycles. The van der Waals surface area contributed by atoms with Crippen molar-refractivity contribution in [2.75, 3.05) is 30.9 Å². The molecule has 1 aromatic heterocycles. The quantitative estimate of drug-likeness (QED) is 0.929. The molecule has 2 heterocycles. The van der Waals surface area contributed by atoms with Crippen LogP contribution in [0, 0.1) is 0 Å². The maximum Gasteiger partial charge on any atom is 0.128 e. The Hall–Kier alpha value is -2.23. The summed E-state index contributed by atoms with van der Waals surface area (Å²) in [7, 11) is 3.98. The molecule has 0 bridgehead atoms. The predicted molar refractivity (Wildman–Crippen MR) is 81.5 cm³/mol. The Balaban J connectivity index is 1.78. The van der Waals surface area contributed by atoms with E-state index in [9.17, 15) is 0 Å². The largest absolute Gasteiger partial charge is 0.493 e. The van der Waals surface area contributed by atoms with Crippen molar-refractivity contribution in [2.45, 2.75) is 12.5 Å².